The van der Waals surface area contributed by atoms with Gasteiger partial charge in [-0.3, -0.25) is 4.99 Å². The van der Waals surface area contributed by atoms with Crippen molar-refractivity contribution in [1.82, 2.24) is 15.2 Å². The Balaban J connectivity index is 0.00000210. The average molecular weight is 480 g/mol. The molecule has 1 spiro atoms. The van der Waals surface area contributed by atoms with Crippen LogP contribution in [-0.4, -0.2) is 23.2 Å². The molecule has 2 aliphatic rings. The average Bonchev–Trinajstić information content (AvgIpc) is 3.27. The molecule has 2 heterocycles. The van der Waals surface area contributed by atoms with E-state index in [4.69, 9.17) is 4.74 Å². The van der Waals surface area contributed by atoms with E-state index in [1.54, 1.807) is 0 Å². The van der Waals surface area contributed by atoms with Crippen molar-refractivity contribution < 1.29 is 4.74 Å². The van der Waals surface area contributed by atoms with Crippen LogP contribution in [0.2, 0.25) is 0 Å². The molecule has 6 heteroatoms. The van der Waals surface area contributed by atoms with Crippen molar-refractivity contribution in [2.45, 2.75) is 50.3 Å². The minimum absolute atomic E-state index is 0. The van der Waals surface area contributed by atoms with Gasteiger partial charge in [0.25, 0.3) is 0 Å². The van der Waals surface area contributed by atoms with Crippen LogP contribution < -0.4 is 15.4 Å². The third-order valence-corrected chi connectivity index (χ3v) is 5.73. The van der Waals surface area contributed by atoms with Crippen LogP contribution in [0.15, 0.2) is 47.6 Å². The first-order valence-corrected chi connectivity index (χ1v) is 9.54. The number of guanidine groups is 1. The number of aliphatic imine (C=N–C) groups is 1. The largest absolute Gasteiger partial charge is 0.487 e. The van der Waals surface area contributed by atoms with Gasteiger partial charge >= 0.3 is 0 Å². The number of halogens is 1. The number of hydrogen-bond donors (Lipinski definition) is 2. The third kappa shape index (κ3) is 4.25. The number of benzene rings is 1. The van der Waals surface area contributed by atoms with Gasteiger partial charge in [-0.25, -0.2) is 0 Å². The number of rotatable bonds is 3. The van der Waals surface area contributed by atoms with Crippen molar-refractivity contribution in [3.05, 3.63) is 53.9 Å². The monoisotopic (exact) mass is 480 g/mol. The summed E-state index contributed by atoms with van der Waals surface area (Å²) < 4.78 is 8.58. The van der Waals surface area contributed by atoms with Crippen molar-refractivity contribution in [1.29, 1.82) is 0 Å². The Morgan fingerprint density at radius 3 is 2.70 bits per heavy atom. The summed E-state index contributed by atoms with van der Waals surface area (Å²) >= 11 is 0. The van der Waals surface area contributed by atoms with Gasteiger partial charge in [-0.05, 0) is 43.9 Å². The lowest BCUT2D eigenvalue weighted by Gasteiger charge is -2.40. The van der Waals surface area contributed by atoms with Crippen LogP contribution >= 0.6 is 24.0 Å². The first kappa shape index (κ1) is 20.0. The molecular weight excluding hydrogens is 451 g/mol. The van der Waals surface area contributed by atoms with E-state index in [-0.39, 0.29) is 35.6 Å². The number of aromatic nitrogens is 1. The predicted molar refractivity (Wildman–Crippen MR) is 120 cm³/mol. The topological polar surface area (TPSA) is 50.6 Å². The van der Waals surface area contributed by atoms with Crippen LogP contribution in [-0.2, 0) is 13.6 Å². The van der Waals surface area contributed by atoms with Crippen molar-refractivity contribution in [2.75, 3.05) is 7.05 Å². The summed E-state index contributed by atoms with van der Waals surface area (Å²) in [5, 5.41) is 7.09. The summed E-state index contributed by atoms with van der Waals surface area (Å²) in [4.78, 5) is 4.44. The number of para-hydroxylation sites is 1. The molecule has 1 aromatic heterocycles. The SMILES string of the molecule is CN=C(NCc1cccn1C)NC1CC2(CCCC2)Oc2ccccc21.I. The summed E-state index contributed by atoms with van der Waals surface area (Å²) in [6.45, 7) is 0.749. The molecule has 4 rings (SSSR count). The van der Waals surface area contributed by atoms with Gasteiger partial charge in [0.1, 0.15) is 11.4 Å². The molecule has 1 aliphatic heterocycles. The van der Waals surface area contributed by atoms with E-state index in [2.05, 4.69) is 69.8 Å². The fourth-order valence-electron chi connectivity index (χ4n) is 4.29. The van der Waals surface area contributed by atoms with Crippen LogP contribution in [0.25, 0.3) is 0 Å². The van der Waals surface area contributed by atoms with Gasteiger partial charge in [-0.15, -0.1) is 24.0 Å². The first-order chi connectivity index (χ1) is 12.7. The molecule has 0 bridgehead atoms. The Morgan fingerprint density at radius 2 is 2.00 bits per heavy atom. The van der Waals surface area contributed by atoms with Crippen molar-refractivity contribution in [3.8, 4) is 5.75 Å². The second kappa shape index (κ2) is 8.54. The van der Waals surface area contributed by atoms with Crippen LogP contribution in [0.4, 0.5) is 0 Å². The molecule has 27 heavy (non-hydrogen) atoms. The predicted octanol–water partition coefficient (Wildman–Crippen LogP) is 4.14. The van der Waals surface area contributed by atoms with E-state index in [1.165, 1.54) is 24.1 Å². The van der Waals surface area contributed by atoms with Crippen molar-refractivity contribution >= 4 is 29.9 Å². The van der Waals surface area contributed by atoms with E-state index < -0.39 is 0 Å². The highest BCUT2D eigenvalue weighted by Gasteiger charge is 2.43. The Kier molecular flexibility index (Phi) is 6.34. The Labute approximate surface area is 178 Å². The number of hydrogen-bond acceptors (Lipinski definition) is 2. The van der Waals surface area contributed by atoms with E-state index in [0.717, 1.165) is 37.5 Å². The molecule has 146 valence electrons. The fourth-order valence-corrected chi connectivity index (χ4v) is 4.29. The number of ether oxygens (including phenoxy) is 1. The maximum absolute atomic E-state index is 6.46. The number of aryl methyl sites for hydroxylation is 1. The van der Waals surface area contributed by atoms with E-state index >= 15 is 0 Å². The van der Waals surface area contributed by atoms with Crippen LogP contribution in [0.1, 0.15) is 49.4 Å². The summed E-state index contributed by atoms with van der Waals surface area (Å²) in [5.74, 6) is 1.86. The summed E-state index contributed by atoms with van der Waals surface area (Å²) in [6, 6.07) is 12.8. The van der Waals surface area contributed by atoms with Crippen molar-refractivity contribution in [3.63, 3.8) is 0 Å². The quantitative estimate of drug-likeness (QED) is 0.395. The minimum Gasteiger partial charge on any atom is -0.487 e. The summed E-state index contributed by atoms with van der Waals surface area (Å²) in [5.41, 5.74) is 2.45. The Hall–Kier alpha value is -1.70. The highest BCUT2D eigenvalue weighted by Crippen LogP contribution is 2.46. The molecule has 0 amide bonds. The van der Waals surface area contributed by atoms with Gasteiger partial charge in [0.15, 0.2) is 5.96 Å². The lowest BCUT2D eigenvalue weighted by molar-refractivity contribution is 0.0396. The number of fused-ring (bicyclic) bond motifs is 1. The molecule has 5 nitrogen and oxygen atoms in total. The zero-order chi connectivity index (χ0) is 18.0. The van der Waals surface area contributed by atoms with E-state index in [9.17, 15) is 0 Å². The lowest BCUT2D eigenvalue weighted by Crippen LogP contribution is -2.46. The van der Waals surface area contributed by atoms with E-state index in [0.29, 0.717) is 0 Å². The third-order valence-electron chi connectivity index (χ3n) is 5.73. The fraction of sp³-hybridized carbons (Fsp3) is 0.476. The Morgan fingerprint density at radius 1 is 1.22 bits per heavy atom. The van der Waals surface area contributed by atoms with Gasteiger partial charge < -0.3 is 19.9 Å². The molecular formula is C21H29IN4O. The molecule has 0 saturated heterocycles. The number of nitrogens with zero attached hydrogens (tertiary/aromatic N) is 2. The highest BCUT2D eigenvalue weighted by atomic mass is 127. The Bertz CT molecular complexity index is 795. The molecule has 2 N–H and O–H groups in total. The molecule has 1 atom stereocenters. The van der Waals surface area contributed by atoms with Gasteiger partial charge in [0, 0.05) is 38.0 Å². The maximum Gasteiger partial charge on any atom is 0.191 e. The molecule has 1 fully saturated rings. The number of nitrogens with one attached hydrogen (secondary N) is 2. The van der Waals surface area contributed by atoms with E-state index in [1.807, 2.05) is 7.05 Å². The molecule has 2 aromatic rings. The minimum atomic E-state index is -0.0109. The molecule has 1 saturated carbocycles. The lowest BCUT2D eigenvalue weighted by atomic mass is 9.86. The van der Waals surface area contributed by atoms with Crippen LogP contribution in [0.3, 0.4) is 0 Å². The maximum atomic E-state index is 6.46. The highest BCUT2D eigenvalue weighted by molar-refractivity contribution is 14.0. The molecule has 0 radical (unpaired) electrons. The van der Waals surface area contributed by atoms with Gasteiger partial charge in [0.05, 0.1) is 12.6 Å². The zero-order valence-electron chi connectivity index (χ0n) is 16.1. The molecule has 1 unspecified atom stereocenters. The first-order valence-electron chi connectivity index (χ1n) is 9.54. The van der Waals surface area contributed by atoms with Gasteiger partial charge in [-0.1, -0.05) is 18.2 Å². The van der Waals surface area contributed by atoms with Crippen LogP contribution in [0, 0.1) is 0 Å². The summed E-state index contributed by atoms with van der Waals surface area (Å²) in [6.07, 6.45) is 7.87. The second-order valence-electron chi connectivity index (χ2n) is 7.47. The van der Waals surface area contributed by atoms with Gasteiger partial charge in [0.2, 0.25) is 0 Å². The second-order valence-corrected chi connectivity index (χ2v) is 7.47. The molecule has 1 aliphatic carbocycles. The molecule has 1 aromatic carbocycles. The normalized spacial score (nSPS) is 20.5. The zero-order valence-corrected chi connectivity index (χ0v) is 18.4. The van der Waals surface area contributed by atoms with Gasteiger partial charge in [-0.2, -0.15) is 0 Å². The standard InChI is InChI=1S/C21H28N4O.HI/c1-22-20(23-15-16-8-7-13-25(16)2)24-18-14-21(11-5-6-12-21)26-19-10-4-3-9-17(18)19;/h3-4,7-10,13,18H,5-6,11-12,14-15H2,1-2H3,(H2,22,23,24);1H. The van der Waals surface area contributed by atoms with Crippen LogP contribution in [0.5, 0.6) is 5.75 Å². The van der Waals surface area contributed by atoms with Crippen molar-refractivity contribution in [2.24, 2.45) is 12.0 Å². The smallest absolute Gasteiger partial charge is 0.191 e. The summed E-state index contributed by atoms with van der Waals surface area (Å²) in [7, 11) is 3.89.